The van der Waals surface area contributed by atoms with Crippen LogP contribution in [0.4, 0.5) is 0 Å². The summed E-state index contributed by atoms with van der Waals surface area (Å²) in [6, 6.07) is 15.0. The molecule has 0 bridgehead atoms. The van der Waals surface area contributed by atoms with Crippen LogP contribution in [-0.2, 0) is 0 Å². The van der Waals surface area contributed by atoms with E-state index in [-0.39, 0.29) is 5.78 Å². The van der Waals surface area contributed by atoms with Gasteiger partial charge in [-0.2, -0.15) is 0 Å². The maximum Gasteiger partial charge on any atom is 0.193 e. The van der Waals surface area contributed by atoms with Gasteiger partial charge in [0.25, 0.3) is 0 Å². The molecule has 0 fully saturated rings. The highest BCUT2D eigenvalue weighted by molar-refractivity contribution is 6.11. The zero-order valence-electron chi connectivity index (χ0n) is 13.5. The van der Waals surface area contributed by atoms with E-state index in [9.17, 15) is 4.79 Å². The summed E-state index contributed by atoms with van der Waals surface area (Å²) in [5, 5.41) is 0.996. The minimum Gasteiger partial charge on any atom is -0.496 e. The normalized spacial score (nSPS) is 10.9. The molecule has 0 amide bonds. The summed E-state index contributed by atoms with van der Waals surface area (Å²) in [5.74, 6) is 0.803. The number of pyridine rings is 1. The van der Waals surface area contributed by atoms with Gasteiger partial charge < -0.3 is 9.47 Å². The van der Waals surface area contributed by atoms with Gasteiger partial charge in [0.05, 0.1) is 19.7 Å². The van der Waals surface area contributed by atoms with Crippen molar-refractivity contribution in [1.82, 2.24) is 4.98 Å². The standard InChI is InChI=1S/C20H17NO3/c1-23-18-8-5-9-19(24-2)20(18)17(22)11-10-14-12-13-21-16-7-4-3-6-15(14)16/h3-13H,1-2H3. The molecule has 4 heteroatoms. The highest BCUT2D eigenvalue weighted by Crippen LogP contribution is 2.29. The van der Waals surface area contributed by atoms with Crippen molar-refractivity contribution >= 4 is 22.8 Å². The predicted molar refractivity (Wildman–Crippen MR) is 94.7 cm³/mol. The highest BCUT2D eigenvalue weighted by Gasteiger charge is 2.15. The first-order valence-corrected chi connectivity index (χ1v) is 7.51. The van der Waals surface area contributed by atoms with Crippen LogP contribution in [0, 0.1) is 0 Å². The molecule has 2 aromatic carbocycles. The summed E-state index contributed by atoms with van der Waals surface area (Å²) < 4.78 is 10.6. The maximum atomic E-state index is 12.7. The summed E-state index contributed by atoms with van der Waals surface area (Å²) in [5.41, 5.74) is 2.24. The van der Waals surface area contributed by atoms with Gasteiger partial charge in [0, 0.05) is 11.6 Å². The van der Waals surface area contributed by atoms with Crippen LogP contribution in [0.25, 0.3) is 17.0 Å². The summed E-state index contributed by atoms with van der Waals surface area (Å²) in [4.78, 5) is 17.0. The third kappa shape index (κ3) is 2.99. The molecule has 0 aliphatic rings. The Morgan fingerprint density at radius 3 is 2.38 bits per heavy atom. The number of ether oxygens (including phenoxy) is 2. The van der Waals surface area contributed by atoms with E-state index in [1.54, 1.807) is 30.5 Å². The molecule has 0 N–H and O–H groups in total. The maximum absolute atomic E-state index is 12.7. The molecule has 0 unspecified atom stereocenters. The van der Waals surface area contributed by atoms with Gasteiger partial charge in [0.2, 0.25) is 0 Å². The predicted octanol–water partition coefficient (Wildman–Crippen LogP) is 4.15. The van der Waals surface area contributed by atoms with E-state index in [0.29, 0.717) is 17.1 Å². The van der Waals surface area contributed by atoms with Gasteiger partial charge >= 0.3 is 0 Å². The Morgan fingerprint density at radius 1 is 0.958 bits per heavy atom. The van der Waals surface area contributed by atoms with Crippen LogP contribution in [0.5, 0.6) is 11.5 Å². The molecule has 0 aliphatic carbocycles. The lowest BCUT2D eigenvalue weighted by Gasteiger charge is -2.10. The van der Waals surface area contributed by atoms with Crippen molar-refractivity contribution in [2.45, 2.75) is 0 Å². The van der Waals surface area contributed by atoms with Crippen LogP contribution in [0.15, 0.2) is 60.8 Å². The molecule has 1 aromatic heterocycles. The smallest absolute Gasteiger partial charge is 0.193 e. The van der Waals surface area contributed by atoms with E-state index in [1.165, 1.54) is 20.3 Å². The molecular formula is C20H17NO3. The molecule has 1 heterocycles. The number of methoxy groups -OCH3 is 2. The minimum absolute atomic E-state index is 0.176. The van der Waals surface area contributed by atoms with Gasteiger partial charge in [0.1, 0.15) is 17.1 Å². The number of allylic oxidation sites excluding steroid dienone is 1. The Balaban J connectivity index is 1.99. The molecule has 0 radical (unpaired) electrons. The van der Waals surface area contributed by atoms with Crippen LogP contribution in [0.2, 0.25) is 0 Å². The van der Waals surface area contributed by atoms with E-state index in [2.05, 4.69) is 4.98 Å². The average molecular weight is 319 g/mol. The van der Waals surface area contributed by atoms with Crippen LogP contribution in [0.3, 0.4) is 0 Å². The highest BCUT2D eigenvalue weighted by atomic mass is 16.5. The first kappa shape index (κ1) is 15.7. The van der Waals surface area contributed by atoms with Crippen molar-refractivity contribution in [1.29, 1.82) is 0 Å². The topological polar surface area (TPSA) is 48.4 Å². The zero-order chi connectivity index (χ0) is 16.9. The number of rotatable bonds is 5. The molecule has 0 saturated heterocycles. The molecule has 3 aromatic rings. The second-order valence-electron chi connectivity index (χ2n) is 5.15. The molecule has 0 saturated carbocycles. The van der Waals surface area contributed by atoms with E-state index in [1.807, 2.05) is 30.3 Å². The quantitative estimate of drug-likeness (QED) is 0.523. The third-order valence-electron chi connectivity index (χ3n) is 3.77. The third-order valence-corrected chi connectivity index (χ3v) is 3.77. The first-order chi connectivity index (χ1) is 11.7. The Morgan fingerprint density at radius 2 is 1.67 bits per heavy atom. The number of aromatic nitrogens is 1. The molecule has 4 nitrogen and oxygen atoms in total. The number of ketones is 1. The first-order valence-electron chi connectivity index (χ1n) is 7.51. The number of benzene rings is 2. The Labute approximate surface area is 140 Å². The van der Waals surface area contributed by atoms with Gasteiger partial charge in [-0.3, -0.25) is 9.78 Å². The number of carbonyl (C=O) groups is 1. The number of para-hydroxylation sites is 1. The molecule has 3 rings (SSSR count). The van der Waals surface area contributed by atoms with Gasteiger partial charge in [-0.25, -0.2) is 0 Å². The Bertz CT molecular complexity index is 888. The van der Waals surface area contributed by atoms with Crippen molar-refractivity contribution < 1.29 is 14.3 Å². The number of fused-ring (bicyclic) bond motifs is 1. The van der Waals surface area contributed by atoms with E-state index in [4.69, 9.17) is 9.47 Å². The van der Waals surface area contributed by atoms with Crippen LogP contribution in [0.1, 0.15) is 15.9 Å². The Hall–Kier alpha value is -3.14. The lowest BCUT2D eigenvalue weighted by atomic mass is 10.0. The fourth-order valence-corrected chi connectivity index (χ4v) is 2.61. The summed E-state index contributed by atoms with van der Waals surface area (Å²) in [7, 11) is 3.07. The number of carbonyl (C=O) groups excluding carboxylic acids is 1. The van der Waals surface area contributed by atoms with Crippen LogP contribution >= 0.6 is 0 Å². The van der Waals surface area contributed by atoms with Gasteiger partial charge in [-0.1, -0.05) is 30.3 Å². The van der Waals surface area contributed by atoms with Gasteiger partial charge in [-0.15, -0.1) is 0 Å². The number of hydrogen-bond donors (Lipinski definition) is 0. The fourth-order valence-electron chi connectivity index (χ4n) is 2.61. The summed E-state index contributed by atoms with van der Waals surface area (Å²) in [6.45, 7) is 0. The van der Waals surface area contributed by atoms with Crippen molar-refractivity contribution in [3.63, 3.8) is 0 Å². The zero-order valence-corrected chi connectivity index (χ0v) is 13.5. The molecule has 120 valence electrons. The van der Waals surface area contributed by atoms with Crippen molar-refractivity contribution in [3.8, 4) is 11.5 Å². The van der Waals surface area contributed by atoms with Crippen LogP contribution < -0.4 is 9.47 Å². The van der Waals surface area contributed by atoms with Crippen molar-refractivity contribution in [2.24, 2.45) is 0 Å². The van der Waals surface area contributed by atoms with Crippen LogP contribution in [-0.4, -0.2) is 25.0 Å². The largest absolute Gasteiger partial charge is 0.496 e. The number of nitrogens with zero attached hydrogens (tertiary/aromatic N) is 1. The molecular weight excluding hydrogens is 302 g/mol. The number of hydrogen-bond acceptors (Lipinski definition) is 4. The summed E-state index contributed by atoms with van der Waals surface area (Å²) >= 11 is 0. The second-order valence-corrected chi connectivity index (χ2v) is 5.15. The van der Waals surface area contributed by atoms with Gasteiger partial charge in [0.15, 0.2) is 5.78 Å². The summed E-state index contributed by atoms with van der Waals surface area (Å²) in [6.07, 6.45) is 5.05. The second kappa shape index (κ2) is 6.96. The van der Waals surface area contributed by atoms with E-state index >= 15 is 0 Å². The molecule has 0 atom stereocenters. The molecule has 0 aliphatic heterocycles. The SMILES string of the molecule is COc1cccc(OC)c1C(=O)C=Cc1ccnc2ccccc12. The Kier molecular flexibility index (Phi) is 4.57. The monoisotopic (exact) mass is 319 g/mol. The van der Waals surface area contributed by atoms with Gasteiger partial charge in [-0.05, 0) is 35.9 Å². The average Bonchev–Trinajstić information content (AvgIpc) is 2.65. The van der Waals surface area contributed by atoms with Crippen molar-refractivity contribution in [2.75, 3.05) is 14.2 Å². The minimum atomic E-state index is -0.176. The lowest BCUT2D eigenvalue weighted by molar-refractivity contribution is 0.104. The lowest BCUT2D eigenvalue weighted by Crippen LogP contribution is -2.02. The van der Waals surface area contributed by atoms with Crippen molar-refractivity contribution in [3.05, 3.63) is 71.9 Å². The fraction of sp³-hybridized carbons (Fsp3) is 0.100. The molecule has 24 heavy (non-hydrogen) atoms. The van der Waals surface area contributed by atoms with E-state index in [0.717, 1.165) is 16.5 Å². The van der Waals surface area contributed by atoms with E-state index < -0.39 is 0 Å². The molecule has 0 spiro atoms.